The molecule has 0 aliphatic rings. The largest absolute Gasteiger partial charge is 0.330 e. The van der Waals surface area contributed by atoms with Crippen LogP contribution in [0.5, 0.6) is 0 Å². The smallest absolute Gasteiger partial charge is 0.141 e. The summed E-state index contributed by atoms with van der Waals surface area (Å²) in [6, 6.07) is 1.53. The van der Waals surface area contributed by atoms with Gasteiger partial charge in [-0.2, -0.15) is 0 Å². The normalized spacial score (nSPS) is 13.1. The van der Waals surface area contributed by atoms with E-state index in [1.807, 2.05) is 0 Å². The number of rotatable bonds is 6. The third-order valence-electron chi connectivity index (χ3n) is 2.59. The Morgan fingerprint density at radius 3 is 2.81 bits per heavy atom. The van der Waals surface area contributed by atoms with Crippen LogP contribution in [0.25, 0.3) is 0 Å². The summed E-state index contributed by atoms with van der Waals surface area (Å²) in [5.41, 5.74) is 6.50. The van der Waals surface area contributed by atoms with Gasteiger partial charge in [0.1, 0.15) is 5.82 Å². The van der Waals surface area contributed by atoms with Gasteiger partial charge in [-0.25, -0.2) is 4.39 Å². The number of hydrogen-bond acceptors (Lipinski definition) is 3. The molecule has 1 aromatic rings. The maximum absolute atomic E-state index is 12.9. The standard InChI is InChI=1S/C12H20FN3/c1-3-16(8-10(2)5-14)9-11-4-12(13)7-15-6-11/h4,6-7,10H,3,5,8-9,14H2,1-2H3. The van der Waals surface area contributed by atoms with E-state index in [9.17, 15) is 4.39 Å². The average molecular weight is 225 g/mol. The number of halogens is 1. The zero-order valence-electron chi connectivity index (χ0n) is 9.99. The van der Waals surface area contributed by atoms with Crippen molar-refractivity contribution in [3.63, 3.8) is 0 Å². The Labute approximate surface area is 96.5 Å². The summed E-state index contributed by atoms with van der Waals surface area (Å²) in [7, 11) is 0. The SMILES string of the molecule is CCN(Cc1cncc(F)c1)CC(C)CN. The van der Waals surface area contributed by atoms with E-state index in [0.29, 0.717) is 12.5 Å². The van der Waals surface area contributed by atoms with E-state index in [2.05, 4.69) is 23.7 Å². The molecule has 0 amide bonds. The third kappa shape index (κ3) is 4.24. The van der Waals surface area contributed by atoms with Crippen molar-refractivity contribution in [1.29, 1.82) is 0 Å². The summed E-state index contributed by atoms with van der Waals surface area (Å²) in [5.74, 6) is 0.182. The van der Waals surface area contributed by atoms with Crippen molar-refractivity contribution < 1.29 is 4.39 Å². The zero-order valence-corrected chi connectivity index (χ0v) is 9.99. The van der Waals surface area contributed by atoms with Crippen LogP contribution in [0.3, 0.4) is 0 Å². The first-order valence-electron chi connectivity index (χ1n) is 5.67. The van der Waals surface area contributed by atoms with E-state index in [1.54, 1.807) is 6.20 Å². The predicted molar refractivity (Wildman–Crippen MR) is 63.4 cm³/mol. The molecule has 2 N–H and O–H groups in total. The fourth-order valence-corrected chi connectivity index (χ4v) is 1.62. The topological polar surface area (TPSA) is 42.2 Å². The van der Waals surface area contributed by atoms with Crippen LogP contribution in [0.1, 0.15) is 19.4 Å². The Kier molecular flexibility index (Phi) is 5.35. The molecule has 0 spiro atoms. The van der Waals surface area contributed by atoms with E-state index in [-0.39, 0.29) is 5.82 Å². The second-order valence-corrected chi connectivity index (χ2v) is 4.18. The molecule has 0 saturated carbocycles. The second-order valence-electron chi connectivity index (χ2n) is 4.18. The lowest BCUT2D eigenvalue weighted by atomic mass is 10.1. The maximum Gasteiger partial charge on any atom is 0.141 e. The molecular formula is C12H20FN3. The van der Waals surface area contributed by atoms with Gasteiger partial charge in [-0.15, -0.1) is 0 Å². The molecule has 0 saturated heterocycles. The quantitative estimate of drug-likeness (QED) is 0.800. The molecule has 16 heavy (non-hydrogen) atoms. The summed E-state index contributed by atoms with van der Waals surface area (Å²) in [6.45, 7) is 7.48. The highest BCUT2D eigenvalue weighted by atomic mass is 19.1. The van der Waals surface area contributed by atoms with Crippen LogP contribution >= 0.6 is 0 Å². The minimum absolute atomic E-state index is 0.277. The molecule has 1 unspecified atom stereocenters. The van der Waals surface area contributed by atoms with Crippen molar-refractivity contribution in [2.24, 2.45) is 11.7 Å². The molecule has 90 valence electrons. The fourth-order valence-electron chi connectivity index (χ4n) is 1.62. The molecular weight excluding hydrogens is 205 g/mol. The van der Waals surface area contributed by atoms with Crippen molar-refractivity contribution in [3.8, 4) is 0 Å². The molecule has 4 heteroatoms. The van der Waals surface area contributed by atoms with Crippen LogP contribution in [0.15, 0.2) is 18.5 Å². The number of aromatic nitrogens is 1. The molecule has 0 fully saturated rings. The minimum Gasteiger partial charge on any atom is -0.330 e. The number of nitrogens with two attached hydrogens (primary N) is 1. The first-order valence-corrected chi connectivity index (χ1v) is 5.67. The highest BCUT2D eigenvalue weighted by Crippen LogP contribution is 2.07. The number of pyridine rings is 1. The van der Waals surface area contributed by atoms with Crippen molar-refractivity contribution in [1.82, 2.24) is 9.88 Å². The zero-order chi connectivity index (χ0) is 12.0. The van der Waals surface area contributed by atoms with Gasteiger partial charge in [0.05, 0.1) is 6.20 Å². The molecule has 0 aromatic carbocycles. The molecule has 0 bridgehead atoms. The lowest BCUT2D eigenvalue weighted by Crippen LogP contribution is -2.31. The summed E-state index contributed by atoms with van der Waals surface area (Å²) in [4.78, 5) is 6.09. The Bertz CT molecular complexity index is 317. The fraction of sp³-hybridized carbons (Fsp3) is 0.583. The summed E-state index contributed by atoms with van der Waals surface area (Å²) >= 11 is 0. The Morgan fingerprint density at radius 2 is 2.25 bits per heavy atom. The molecule has 0 radical (unpaired) electrons. The Balaban J connectivity index is 2.56. The van der Waals surface area contributed by atoms with Crippen molar-refractivity contribution in [3.05, 3.63) is 29.8 Å². The maximum atomic E-state index is 12.9. The van der Waals surface area contributed by atoms with Crippen LogP contribution in [-0.4, -0.2) is 29.5 Å². The molecule has 0 aliphatic carbocycles. The molecule has 1 atom stereocenters. The van der Waals surface area contributed by atoms with Gasteiger partial charge in [-0.05, 0) is 30.6 Å². The molecule has 0 aliphatic heterocycles. The van der Waals surface area contributed by atoms with Crippen molar-refractivity contribution >= 4 is 0 Å². The van der Waals surface area contributed by atoms with Gasteiger partial charge in [0.25, 0.3) is 0 Å². The summed E-state index contributed by atoms with van der Waals surface area (Å²) < 4.78 is 12.9. The second kappa shape index (κ2) is 6.55. The van der Waals surface area contributed by atoms with Crippen LogP contribution in [0, 0.1) is 11.7 Å². The van der Waals surface area contributed by atoms with Gasteiger partial charge in [-0.1, -0.05) is 13.8 Å². The number of hydrogen-bond donors (Lipinski definition) is 1. The van der Waals surface area contributed by atoms with E-state index < -0.39 is 0 Å². The van der Waals surface area contributed by atoms with Crippen molar-refractivity contribution in [2.75, 3.05) is 19.6 Å². The lowest BCUT2D eigenvalue weighted by Gasteiger charge is -2.23. The van der Waals surface area contributed by atoms with Gasteiger partial charge >= 0.3 is 0 Å². The molecule has 1 heterocycles. The van der Waals surface area contributed by atoms with E-state index >= 15 is 0 Å². The van der Waals surface area contributed by atoms with Crippen molar-refractivity contribution in [2.45, 2.75) is 20.4 Å². The van der Waals surface area contributed by atoms with E-state index in [1.165, 1.54) is 12.3 Å². The van der Waals surface area contributed by atoms with Gasteiger partial charge < -0.3 is 5.73 Å². The highest BCUT2D eigenvalue weighted by molar-refractivity contribution is 5.09. The van der Waals surface area contributed by atoms with Crippen LogP contribution in [0.4, 0.5) is 4.39 Å². The van der Waals surface area contributed by atoms with Crippen LogP contribution in [0.2, 0.25) is 0 Å². The molecule has 1 rings (SSSR count). The monoisotopic (exact) mass is 225 g/mol. The Hall–Kier alpha value is -1.00. The highest BCUT2D eigenvalue weighted by Gasteiger charge is 2.08. The average Bonchev–Trinajstić information content (AvgIpc) is 2.28. The van der Waals surface area contributed by atoms with Gasteiger partial charge in [0.2, 0.25) is 0 Å². The summed E-state index contributed by atoms with van der Waals surface area (Å²) in [6.07, 6.45) is 2.93. The summed E-state index contributed by atoms with van der Waals surface area (Å²) in [5, 5.41) is 0. The van der Waals surface area contributed by atoms with Crippen LogP contribution < -0.4 is 5.73 Å². The predicted octanol–water partition coefficient (Wildman–Crippen LogP) is 1.64. The third-order valence-corrected chi connectivity index (χ3v) is 2.59. The molecule has 1 aromatic heterocycles. The minimum atomic E-state index is -0.277. The molecule has 3 nitrogen and oxygen atoms in total. The first-order chi connectivity index (χ1) is 7.65. The van der Waals surface area contributed by atoms with E-state index in [0.717, 1.165) is 25.2 Å². The number of nitrogens with zero attached hydrogens (tertiary/aromatic N) is 2. The van der Waals surface area contributed by atoms with E-state index in [4.69, 9.17) is 5.73 Å². The first kappa shape index (κ1) is 13.1. The van der Waals surface area contributed by atoms with Gasteiger partial charge in [0, 0.05) is 19.3 Å². The van der Waals surface area contributed by atoms with Gasteiger partial charge in [-0.3, -0.25) is 9.88 Å². The van der Waals surface area contributed by atoms with Crippen LogP contribution in [-0.2, 0) is 6.54 Å². The lowest BCUT2D eigenvalue weighted by molar-refractivity contribution is 0.243. The Morgan fingerprint density at radius 1 is 1.50 bits per heavy atom. The van der Waals surface area contributed by atoms with Gasteiger partial charge in [0.15, 0.2) is 0 Å².